The van der Waals surface area contributed by atoms with Crippen LogP contribution < -0.4 is 10.9 Å². The number of aromatic nitrogens is 2. The maximum Gasteiger partial charge on any atom is 0.345 e. The Kier molecular flexibility index (Phi) is 5.47. The largest absolute Gasteiger partial charge is 0.465 e. The third-order valence-electron chi connectivity index (χ3n) is 3.56. The number of esters is 1. The van der Waals surface area contributed by atoms with Crippen LogP contribution in [0.15, 0.2) is 35.3 Å². The van der Waals surface area contributed by atoms with Crippen molar-refractivity contribution in [2.75, 3.05) is 7.11 Å². The highest BCUT2D eigenvalue weighted by Crippen LogP contribution is 2.02. The van der Waals surface area contributed by atoms with Gasteiger partial charge in [0.15, 0.2) is 0 Å². The molecule has 0 aliphatic heterocycles. The van der Waals surface area contributed by atoms with Crippen molar-refractivity contribution < 1.29 is 14.3 Å². The third-order valence-corrected chi connectivity index (χ3v) is 3.56. The van der Waals surface area contributed by atoms with Crippen LogP contribution in [0.3, 0.4) is 0 Å². The Bertz CT molecular complexity index is 810. The fourth-order valence-electron chi connectivity index (χ4n) is 2.12. The monoisotopic (exact) mass is 329 g/mol. The Balaban J connectivity index is 2.09. The number of aryl methyl sites for hydroxylation is 2. The molecule has 0 spiro atoms. The van der Waals surface area contributed by atoms with E-state index in [9.17, 15) is 14.4 Å². The molecule has 126 valence electrons. The van der Waals surface area contributed by atoms with Gasteiger partial charge in [0.2, 0.25) is 5.91 Å². The van der Waals surface area contributed by atoms with Crippen LogP contribution in [-0.2, 0) is 22.6 Å². The molecule has 24 heavy (non-hydrogen) atoms. The van der Waals surface area contributed by atoms with E-state index >= 15 is 0 Å². The fraction of sp³-hybridized carbons (Fsp3) is 0.294. The summed E-state index contributed by atoms with van der Waals surface area (Å²) in [6, 6.07) is 7.76. The summed E-state index contributed by atoms with van der Waals surface area (Å²) in [5.41, 5.74) is 1.30. The van der Waals surface area contributed by atoms with Crippen molar-refractivity contribution in [2.24, 2.45) is 0 Å². The fourth-order valence-corrected chi connectivity index (χ4v) is 2.12. The van der Waals surface area contributed by atoms with Gasteiger partial charge in [0.25, 0.3) is 5.56 Å². The molecule has 1 aromatic carbocycles. The predicted molar refractivity (Wildman–Crippen MR) is 87.6 cm³/mol. The number of hydrogen-bond acceptors (Lipinski definition) is 5. The van der Waals surface area contributed by atoms with Gasteiger partial charge in [0.05, 0.1) is 7.11 Å². The topological polar surface area (TPSA) is 90.3 Å². The third kappa shape index (κ3) is 4.07. The zero-order valence-corrected chi connectivity index (χ0v) is 13.8. The van der Waals surface area contributed by atoms with E-state index in [0.717, 1.165) is 21.9 Å². The van der Waals surface area contributed by atoms with Gasteiger partial charge in [-0.3, -0.25) is 14.2 Å². The van der Waals surface area contributed by atoms with Gasteiger partial charge in [-0.05, 0) is 19.4 Å². The first-order valence-corrected chi connectivity index (χ1v) is 7.39. The first kappa shape index (κ1) is 17.4. The molecule has 0 aliphatic rings. The molecule has 0 saturated heterocycles. The number of nitrogens with one attached hydrogen (secondary N) is 1. The zero-order valence-electron chi connectivity index (χ0n) is 13.8. The molecular formula is C17H19N3O4. The van der Waals surface area contributed by atoms with Crippen molar-refractivity contribution in [3.63, 3.8) is 0 Å². The number of benzene rings is 1. The first-order chi connectivity index (χ1) is 11.4. The highest BCUT2D eigenvalue weighted by atomic mass is 16.5. The van der Waals surface area contributed by atoms with Gasteiger partial charge in [0.1, 0.15) is 17.9 Å². The van der Waals surface area contributed by atoms with Crippen molar-refractivity contribution >= 4 is 11.9 Å². The van der Waals surface area contributed by atoms with Crippen LogP contribution in [0.4, 0.5) is 0 Å². The highest BCUT2D eigenvalue weighted by molar-refractivity contribution is 5.88. The van der Waals surface area contributed by atoms with Gasteiger partial charge in [0, 0.05) is 12.7 Å². The molecule has 7 nitrogen and oxygen atoms in total. The smallest absolute Gasteiger partial charge is 0.345 e. The van der Waals surface area contributed by atoms with E-state index in [0.29, 0.717) is 12.4 Å². The molecule has 0 atom stereocenters. The number of rotatable bonds is 5. The standard InChI is InChI=1S/C17H19N3O4/c1-11-4-6-13(7-5-11)8-19-15(21)10-20-12(2)18-9-14(16(20)22)17(23)24-3/h4-7,9H,8,10H2,1-3H3,(H,19,21). The van der Waals surface area contributed by atoms with Crippen LogP contribution in [-0.4, -0.2) is 28.5 Å². The summed E-state index contributed by atoms with van der Waals surface area (Å²) < 4.78 is 5.69. The normalized spacial score (nSPS) is 10.3. The van der Waals surface area contributed by atoms with Crippen molar-refractivity contribution in [2.45, 2.75) is 26.9 Å². The molecule has 1 aromatic heterocycles. The van der Waals surface area contributed by atoms with Gasteiger partial charge in [-0.25, -0.2) is 9.78 Å². The lowest BCUT2D eigenvalue weighted by Gasteiger charge is -2.11. The highest BCUT2D eigenvalue weighted by Gasteiger charge is 2.16. The van der Waals surface area contributed by atoms with Crippen LogP contribution in [0.25, 0.3) is 0 Å². The predicted octanol–water partition coefficient (Wildman–Crippen LogP) is 0.963. The molecule has 1 N–H and O–H groups in total. The Labute approximate surface area is 139 Å². The van der Waals surface area contributed by atoms with E-state index < -0.39 is 11.5 Å². The zero-order chi connectivity index (χ0) is 17.7. The molecule has 0 aliphatic carbocycles. The van der Waals surface area contributed by atoms with Crippen LogP contribution in [0.1, 0.15) is 27.3 Å². The van der Waals surface area contributed by atoms with Gasteiger partial charge in [-0.1, -0.05) is 29.8 Å². The summed E-state index contributed by atoms with van der Waals surface area (Å²) in [6.07, 6.45) is 1.16. The minimum atomic E-state index is -0.777. The Morgan fingerprint density at radius 1 is 1.21 bits per heavy atom. The van der Waals surface area contributed by atoms with E-state index in [1.165, 1.54) is 7.11 Å². The maximum absolute atomic E-state index is 12.3. The molecule has 0 fully saturated rings. The molecule has 0 saturated carbocycles. The minimum absolute atomic E-state index is 0.200. The summed E-state index contributed by atoms with van der Waals surface area (Å²) in [5, 5.41) is 2.74. The number of amides is 1. The molecule has 1 amide bonds. The van der Waals surface area contributed by atoms with Gasteiger partial charge >= 0.3 is 5.97 Å². The quantitative estimate of drug-likeness (QED) is 0.825. The molecule has 2 aromatic rings. The van der Waals surface area contributed by atoms with Crippen molar-refractivity contribution in [3.05, 3.63) is 63.3 Å². The number of nitrogens with zero attached hydrogens (tertiary/aromatic N) is 2. The molecule has 0 radical (unpaired) electrons. The second-order valence-corrected chi connectivity index (χ2v) is 5.36. The van der Waals surface area contributed by atoms with Gasteiger partial charge < -0.3 is 10.1 Å². The average Bonchev–Trinajstić information content (AvgIpc) is 2.57. The summed E-state index contributed by atoms with van der Waals surface area (Å²) >= 11 is 0. The Hall–Kier alpha value is -2.96. The second-order valence-electron chi connectivity index (χ2n) is 5.36. The molecular weight excluding hydrogens is 310 g/mol. The maximum atomic E-state index is 12.3. The van der Waals surface area contributed by atoms with Crippen molar-refractivity contribution in [1.82, 2.24) is 14.9 Å². The number of ether oxygens (including phenoxy) is 1. The van der Waals surface area contributed by atoms with Gasteiger partial charge in [-0.15, -0.1) is 0 Å². The van der Waals surface area contributed by atoms with Crippen LogP contribution in [0, 0.1) is 13.8 Å². The van der Waals surface area contributed by atoms with E-state index in [-0.39, 0.29) is 18.0 Å². The lowest BCUT2D eigenvalue weighted by Crippen LogP contribution is -2.36. The van der Waals surface area contributed by atoms with Gasteiger partial charge in [-0.2, -0.15) is 0 Å². The first-order valence-electron chi connectivity index (χ1n) is 7.39. The van der Waals surface area contributed by atoms with Crippen molar-refractivity contribution in [1.29, 1.82) is 0 Å². The molecule has 0 bridgehead atoms. The lowest BCUT2D eigenvalue weighted by atomic mass is 10.1. The summed E-state index contributed by atoms with van der Waals surface area (Å²) in [7, 11) is 1.18. The van der Waals surface area contributed by atoms with Crippen molar-refractivity contribution in [3.8, 4) is 0 Å². The number of methoxy groups -OCH3 is 1. The number of carbonyl (C=O) groups excluding carboxylic acids is 2. The molecule has 1 heterocycles. The molecule has 7 heteroatoms. The Morgan fingerprint density at radius 2 is 1.88 bits per heavy atom. The summed E-state index contributed by atoms with van der Waals surface area (Å²) in [5.74, 6) is -0.774. The summed E-state index contributed by atoms with van der Waals surface area (Å²) in [6.45, 7) is 3.72. The number of hydrogen-bond donors (Lipinski definition) is 1. The van der Waals surface area contributed by atoms with Crippen LogP contribution >= 0.6 is 0 Å². The minimum Gasteiger partial charge on any atom is -0.465 e. The average molecular weight is 329 g/mol. The number of carbonyl (C=O) groups is 2. The molecule has 2 rings (SSSR count). The van der Waals surface area contributed by atoms with E-state index in [1.807, 2.05) is 31.2 Å². The van der Waals surface area contributed by atoms with E-state index in [4.69, 9.17) is 0 Å². The second kappa shape index (κ2) is 7.54. The van der Waals surface area contributed by atoms with Crippen LogP contribution in [0.2, 0.25) is 0 Å². The molecule has 0 unspecified atom stereocenters. The summed E-state index contributed by atoms with van der Waals surface area (Å²) in [4.78, 5) is 39.9. The Morgan fingerprint density at radius 3 is 2.50 bits per heavy atom. The van der Waals surface area contributed by atoms with E-state index in [2.05, 4.69) is 15.0 Å². The SMILES string of the molecule is COC(=O)c1cnc(C)n(CC(=O)NCc2ccc(C)cc2)c1=O. The van der Waals surface area contributed by atoms with Crippen LogP contribution in [0.5, 0.6) is 0 Å². The lowest BCUT2D eigenvalue weighted by molar-refractivity contribution is -0.121. The van der Waals surface area contributed by atoms with E-state index in [1.54, 1.807) is 6.92 Å².